The van der Waals surface area contributed by atoms with E-state index >= 15 is 0 Å². The Balaban J connectivity index is 0.000000455. The van der Waals surface area contributed by atoms with Gasteiger partial charge in [-0.15, -0.1) is 36.1 Å². The van der Waals surface area contributed by atoms with Crippen molar-refractivity contribution in [1.82, 2.24) is 0 Å². The Morgan fingerprint density at radius 2 is 0.720 bits per heavy atom. The molecule has 50 heavy (non-hydrogen) atoms. The molecule has 0 unspecified atom stereocenters. The van der Waals surface area contributed by atoms with Gasteiger partial charge in [0.15, 0.2) is 0 Å². The van der Waals surface area contributed by atoms with Crippen LogP contribution in [0.5, 0.6) is 0 Å². The fourth-order valence-electron chi connectivity index (χ4n) is 3.96. The number of allylic oxidation sites excluding steroid dienone is 8. The molecule has 0 N–H and O–H groups in total. The number of halogens is 2. The standard InChI is InChI=1S/2C16H22NO6.2ClH.2Pd/c2*1-13(17-18)14-2-3-15-16(12-14)23-11-9-21-7-5-19-4-6-20-8-10-22-15;;;;/h2*2-3,12H,4-11H2,1H3;2*1H;;/q2*-1;;;2*+2/p-2/b2*14-13+;;;;. The van der Waals surface area contributed by atoms with Crippen molar-refractivity contribution >= 4 is 19.1 Å². The van der Waals surface area contributed by atoms with Gasteiger partial charge in [-0.2, -0.15) is 9.81 Å². The first-order valence-corrected chi connectivity index (χ1v) is 19.5. The molecule has 0 radical (unpaired) electrons. The Bertz CT molecular complexity index is 1080. The van der Waals surface area contributed by atoms with Crippen LogP contribution in [0.25, 0.3) is 0 Å². The van der Waals surface area contributed by atoms with E-state index in [-0.39, 0.29) is 0 Å². The maximum atomic E-state index is 10.7. The van der Waals surface area contributed by atoms with Crippen molar-refractivity contribution in [2.75, 3.05) is 106 Å². The van der Waals surface area contributed by atoms with E-state index in [2.05, 4.69) is 65.8 Å². The van der Waals surface area contributed by atoms with E-state index in [0.29, 0.717) is 151 Å². The Kier molecular flexibility index (Phi) is 29.6. The van der Waals surface area contributed by atoms with Crippen LogP contribution in [0.2, 0.25) is 0 Å². The molecule has 0 aromatic rings. The van der Waals surface area contributed by atoms with Gasteiger partial charge in [0.2, 0.25) is 0 Å². The zero-order chi connectivity index (χ0) is 36.7. The topological polar surface area (TPSA) is 151 Å². The summed E-state index contributed by atoms with van der Waals surface area (Å²) in [5.74, 6) is 2.31. The first-order chi connectivity index (χ1) is 24.6. The van der Waals surface area contributed by atoms with Gasteiger partial charge < -0.3 is 47.4 Å². The summed E-state index contributed by atoms with van der Waals surface area (Å²) >= 11 is 4.44. The molecule has 18 heteroatoms. The van der Waals surface area contributed by atoms with E-state index in [1.807, 2.05) is 0 Å². The van der Waals surface area contributed by atoms with Crippen molar-refractivity contribution in [1.29, 1.82) is 0 Å². The van der Waals surface area contributed by atoms with Gasteiger partial charge in [0.25, 0.3) is 0 Å². The number of ether oxygens (including phenoxy) is 10. The third-order valence-corrected chi connectivity index (χ3v) is 6.43. The van der Waals surface area contributed by atoms with E-state index in [1.54, 1.807) is 51.0 Å². The summed E-state index contributed by atoms with van der Waals surface area (Å²) in [6.45, 7) is 10.9. The second kappa shape index (κ2) is 31.9. The second-order valence-corrected chi connectivity index (χ2v) is 9.74. The average Bonchev–Trinajstić information content (AvgIpc) is 3.18. The van der Waals surface area contributed by atoms with E-state index in [1.165, 1.54) is 0 Å². The molecular weight excluding hydrogens is 888 g/mol. The van der Waals surface area contributed by atoms with Crippen LogP contribution in [0.4, 0.5) is 0 Å². The minimum atomic E-state index is 0.379. The molecule has 0 saturated carbocycles. The molecule has 2 saturated heterocycles. The Labute approximate surface area is 323 Å². The number of nitrogens with zero attached hydrogens (tertiary/aromatic N) is 2. The minimum absolute atomic E-state index is 0.379. The molecule has 0 spiro atoms. The Morgan fingerprint density at radius 1 is 0.480 bits per heavy atom. The van der Waals surface area contributed by atoms with Crippen molar-refractivity contribution in [2.45, 2.75) is 13.8 Å². The van der Waals surface area contributed by atoms with Crippen LogP contribution in [-0.2, 0) is 83.7 Å². The number of rotatable bonds is 2. The first kappa shape index (κ1) is 46.3. The quantitative estimate of drug-likeness (QED) is 0.193. The Morgan fingerprint density at radius 3 is 0.980 bits per heavy atom. The van der Waals surface area contributed by atoms with Gasteiger partial charge in [0, 0.05) is 11.4 Å². The van der Waals surface area contributed by atoms with Crippen molar-refractivity contribution in [3.05, 3.63) is 92.5 Å². The molecule has 0 bridgehead atoms. The predicted octanol–water partition coefficient (Wildman–Crippen LogP) is 5.59. The first-order valence-electron chi connectivity index (χ1n) is 15.5. The fraction of sp³-hybridized carbons (Fsp3) is 0.562. The number of fused-ring (bicyclic) bond motifs is 2. The van der Waals surface area contributed by atoms with E-state index in [0.717, 1.165) is 0 Å². The second-order valence-electron chi connectivity index (χ2n) is 9.74. The summed E-state index contributed by atoms with van der Waals surface area (Å²) in [4.78, 5) is 21.4. The summed E-state index contributed by atoms with van der Waals surface area (Å²) in [6, 6.07) is 0. The summed E-state index contributed by atoms with van der Waals surface area (Å²) in [7, 11) is 8.98. The van der Waals surface area contributed by atoms with E-state index in [9.17, 15) is 9.81 Å². The molecule has 0 amide bonds. The normalized spacial score (nSPS) is 21.8. The van der Waals surface area contributed by atoms with Gasteiger partial charge in [-0.05, 0) is 0 Å². The van der Waals surface area contributed by atoms with Crippen molar-refractivity contribution in [3.8, 4) is 0 Å². The number of hydrogen-bond donors (Lipinski definition) is 0. The van der Waals surface area contributed by atoms with Crippen LogP contribution >= 0.6 is 19.1 Å². The van der Waals surface area contributed by atoms with E-state index < -0.39 is 0 Å². The van der Waals surface area contributed by atoms with Crippen molar-refractivity contribution in [3.63, 3.8) is 0 Å². The van der Waals surface area contributed by atoms with Gasteiger partial charge in [-0.1, -0.05) is 36.4 Å². The molecule has 2 aliphatic heterocycles. The molecule has 14 nitrogen and oxygen atoms in total. The van der Waals surface area contributed by atoms with Crippen molar-refractivity contribution in [2.24, 2.45) is 10.4 Å². The number of hydrogen-bond acceptors (Lipinski definition) is 14. The molecule has 288 valence electrons. The molecule has 0 aromatic carbocycles. The molecule has 0 aromatic heterocycles. The molecule has 4 aliphatic rings. The average molecular weight is 932 g/mol. The molecular formula is C32H44Cl2N2O12Pd2. The van der Waals surface area contributed by atoms with Crippen LogP contribution < -0.4 is 0 Å². The van der Waals surface area contributed by atoms with Gasteiger partial charge in [-0.25, -0.2) is 0 Å². The van der Waals surface area contributed by atoms with Gasteiger partial charge in [0.1, 0.15) is 13.2 Å². The molecule has 2 fully saturated rings. The SMILES string of the molecule is C/C(N=O)=C1\C=C2OCCOCCOCCOCCOC2=C[CH-]1.C/C(N=O)=C1\C=C2OCCOCCOCCOCCOC2=C[CH-]1.[Cl][Pd+].[Cl][Pd+]. The van der Waals surface area contributed by atoms with Crippen LogP contribution in [-0.4, -0.2) is 106 Å². The summed E-state index contributed by atoms with van der Waals surface area (Å²) in [5, 5.41) is 5.91. The fourth-order valence-corrected chi connectivity index (χ4v) is 3.96. The third-order valence-electron chi connectivity index (χ3n) is 6.43. The van der Waals surface area contributed by atoms with Gasteiger partial charge in [0.05, 0.1) is 116 Å². The monoisotopic (exact) mass is 930 g/mol. The van der Waals surface area contributed by atoms with Crippen molar-refractivity contribution < 1.29 is 83.7 Å². The summed E-state index contributed by atoms with van der Waals surface area (Å²) < 4.78 is 55.1. The zero-order valence-corrected chi connectivity index (χ0v) is 32.6. The van der Waals surface area contributed by atoms with Gasteiger partial charge >= 0.3 is 55.4 Å². The number of nitroso groups, excluding NO2 is 2. The Hall–Kier alpha value is -1.76. The maximum absolute atomic E-state index is 10.7. The van der Waals surface area contributed by atoms with Crippen LogP contribution in [0.15, 0.2) is 80.2 Å². The molecule has 4 rings (SSSR count). The summed E-state index contributed by atoms with van der Waals surface area (Å²) in [6.07, 6.45) is 10.6. The van der Waals surface area contributed by atoms with E-state index in [4.69, 9.17) is 47.4 Å². The zero-order valence-electron chi connectivity index (χ0n) is 28.0. The van der Waals surface area contributed by atoms with Crippen LogP contribution in [0.3, 0.4) is 0 Å². The van der Waals surface area contributed by atoms with Crippen LogP contribution in [0, 0.1) is 22.7 Å². The van der Waals surface area contributed by atoms with Crippen LogP contribution in [0.1, 0.15) is 13.8 Å². The molecule has 2 heterocycles. The molecule has 0 atom stereocenters. The summed E-state index contributed by atoms with van der Waals surface area (Å²) in [5.41, 5.74) is 2.18. The molecule has 2 aliphatic carbocycles. The third kappa shape index (κ3) is 20.3. The predicted molar refractivity (Wildman–Crippen MR) is 178 cm³/mol. The van der Waals surface area contributed by atoms with Gasteiger partial charge in [-0.3, -0.25) is 0 Å².